The summed E-state index contributed by atoms with van der Waals surface area (Å²) in [4.78, 5) is 0. The predicted molar refractivity (Wildman–Crippen MR) is 70.5 cm³/mol. The van der Waals surface area contributed by atoms with E-state index in [0.29, 0.717) is 12.4 Å². The Balaban J connectivity index is 3.06. The number of nitrogens with one attached hydrogen (secondary N) is 1. The predicted octanol–water partition coefficient (Wildman–Crippen LogP) is 2.91. The summed E-state index contributed by atoms with van der Waals surface area (Å²) in [7, 11) is 1.59. The minimum Gasteiger partial charge on any atom is -0.496 e. The molecular formula is C14H22FNO2. The van der Waals surface area contributed by atoms with Crippen LogP contribution in [0.3, 0.4) is 0 Å². The zero-order chi connectivity index (χ0) is 13.5. The number of hydrogen-bond donors (Lipinski definition) is 1. The minimum atomic E-state index is -0.266. The number of hydrogen-bond acceptors (Lipinski definition) is 3. The maximum atomic E-state index is 13.4. The summed E-state index contributed by atoms with van der Waals surface area (Å²) in [5, 5.41) is 3.31. The Bertz CT molecular complexity index is 371. The normalized spacial score (nSPS) is 14.3. The van der Waals surface area contributed by atoms with E-state index in [1.807, 2.05) is 20.8 Å². The lowest BCUT2D eigenvalue weighted by Crippen LogP contribution is -2.32. The van der Waals surface area contributed by atoms with E-state index in [4.69, 9.17) is 9.47 Å². The van der Waals surface area contributed by atoms with Crippen molar-refractivity contribution in [2.24, 2.45) is 0 Å². The molecule has 2 unspecified atom stereocenters. The number of ether oxygens (including phenoxy) is 2. The van der Waals surface area contributed by atoms with Crippen molar-refractivity contribution in [3.05, 3.63) is 29.6 Å². The highest BCUT2D eigenvalue weighted by Gasteiger charge is 2.22. The first-order valence-electron chi connectivity index (χ1n) is 6.32. The van der Waals surface area contributed by atoms with Crippen molar-refractivity contribution in [2.45, 2.75) is 32.9 Å². The van der Waals surface area contributed by atoms with Crippen molar-refractivity contribution in [3.8, 4) is 5.75 Å². The fraction of sp³-hybridized carbons (Fsp3) is 0.571. The van der Waals surface area contributed by atoms with E-state index in [9.17, 15) is 4.39 Å². The molecule has 0 fully saturated rings. The van der Waals surface area contributed by atoms with Crippen LogP contribution in [0.25, 0.3) is 0 Å². The van der Waals surface area contributed by atoms with E-state index in [2.05, 4.69) is 5.32 Å². The largest absolute Gasteiger partial charge is 0.496 e. The Labute approximate surface area is 108 Å². The Morgan fingerprint density at radius 2 is 2.06 bits per heavy atom. The van der Waals surface area contributed by atoms with Gasteiger partial charge in [-0.05, 0) is 38.6 Å². The van der Waals surface area contributed by atoms with E-state index in [0.717, 1.165) is 12.1 Å². The fourth-order valence-electron chi connectivity index (χ4n) is 2.06. The Kier molecular flexibility index (Phi) is 6.09. The van der Waals surface area contributed by atoms with Crippen molar-refractivity contribution in [1.82, 2.24) is 5.32 Å². The van der Waals surface area contributed by atoms with Gasteiger partial charge in [0.15, 0.2) is 0 Å². The molecule has 3 nitrogen and oxygen atoms in total. The molecule has 0 aliphatic carbocycles. The highest BCUT2D eigenvalue weighted by molar-refractivity contribution is 5.37. The topological polar surface area (TPSA) is 30.5 Å². The number of halogens is 1. The van der Waals surface area contributed by atoms with Gasteiger partial charge in [-0.2, -0.15) is 0 Å². The second-order valence-corrected chi connectivity index (χ2v) is 4.08. The monoisotopic (exact) mass is 255 g/mol. The Morgan fingerprint density at radius 3 is 2.61 bits per heavy atom. The van der Waals surface area contributed by atoms with Gasteiger partial charge in [0.25, 0.3) is 0 Å². The smallest absolute Gasteiger partial charge is 0.123 e. The van der Waals surface area contributed by atoms with Crippen LogP contribution < -0.4 is 10.1 Å². The van der Waals surface area contributed by atoms with Crippen LogP contribution in [-0.4, -0.2) is 26.4 Å². The van der Waals surface area contributed by atoms with E-state index in [1.54, 1.807) is 13.2 Å². The second-order valence-electron chi connectivity index (χ2n) is 4.08. The van der Waals surface area contributed by atoms with Crippen molar-refractivity contribution in [2.75, 3.05) is 20.3 Å². The van der Waals surface area contributed by atoms with Gasteiger partial charge in [-0.25, -0.2) is 4.39 Å². The highest BCUT2D eigenvalue weighted by Crippen LogP contribution is 2.29. The van der Waals surface area contributed by atoms with Gasteiger partial charge in [0.2, 0.25) is 0 Å². The third-order valence-corrected chi connectivity index (χ3v) is 2.85. The lowest BCUT2D eigenvalue weighted by molar-refractivity contribution is 0.0469. The standard InChI is InChI=1S/C14H22FNO2/c1-5-16-14(10(3)18-6-2)12-9-11(15)7-8-13(12)17-4/h7-10,14,16H,5-6H2,1-4H3. The van der Waals surface area contributed by atoms with Gasteiger partial charge in [0.05, 0.1) is 19.3 Å². The minimum absolute atomic E-state index is 0.0503. The molecule has 0 heterocycles. The van der Waals surface area contributed by atoms with Crippen LogP contribution in [0.4, 0.5) is 4.39 Å². The Hall–Kier alpha value is -1.13. The average molecular weight is 255 g/mol. The van der Waals surface area contributed by atoms with Gasteiger partial charge < -0.3 is 14.8 Å². The summed E-state index contributed by atoms with van der Waals surface area (Å²) in [6.45, 7) is 7.34. The molecule has 0 saturated carbocycles. The van der Waals surface area contributed by atoms with E-state index < -0.39 is 0 Å². The van der Waals surface area contributed by atoms with Crippen molar-refractivity contribution < 1.29 is 13.9 Å². The molecule has 0 aliphatic rings. The SMILES string of the molecule is CCNC(c1cc(F)ccc1OC)C(C)OCC. The van der Waals surface area contributed by atoms with Gasteiger partial charge in [0.1, 0.15) is 11.6 Å². The molecule has 4 heteroatoms. The molecule has 102 valence electrons. The molecule has 0 aliphatic heterocycles. The first-order valence-corrected chi connectivity index (χ1v) is 6.32. The van der Waals surface area contributed by atoms with Crippen LogP contribution in [0.2, 0.25) is 0 Å². The number of benzene rings is 1. The lowest BCUT2D eigenvalue weighted by atomic mass is 10.0. The summed E-state index contributed by atoms with van der Waals surface area (Å²) in [5.74, 6) is 0.409. The molecule has 0 bridgehead atoms. The van der Waals surface area contributed by atoms with Crippen molar-refractivity contribution >= 4 is 0 Å². The lowest BCUT2D eigenvalue weighted by Gasteiger charge is -2.26. The van der Waals surface area contributed by atoms with Crippen LogP contribution in [0.15, 0.2) is 18.2 Å². The fourth-order valence-corrected chi connectivity index (χ4v) is 2.06. The third-order valence-electron chi connectivity index (χ3n) is 2.85. The molecule has 0 saturated heterocycles. The number of methoxy groups -OCH3 is 1. The zero-order valence-corrected chi connectivity index (χ0v) is 11.5. The van der Waals surface area contributed by atoms with Gasteiger partial charge in [-0.15, -0.1) is 0 Å². The van der Waals surface area contributed by atoms with Crippen molar-refractivity contribution in [3.63, 3.8) is 0 Å². The van der Waals surface area contributed by atoms with Crippen LogP contribution in [0, 0.1) is 5.82 Å². The average Bonchev–Trinajstić information content (AvgIpc) is 2.36. The molecule has 0 spiro atoms. The molecule has 1 rings (SSSR count). The summed E-state index contributed by atoms with van der Waals surface area (Å²) in [6, 6.07) is 4.46. The zero-order valence-electron chi connectivity index (χ0n) is 11.5. The molecule has 2 atom stereocenters. The number of rotatable bonds is 7. The van der Waals surface area contributed by atoms with Crippen LogP contribution in [-0.2, 0) is 4.74 Å². The van der Waals surface area contributed by atoms with E-state index >= 15 is 0 Å². The summed E-state index contributed by atoms with van der Waals surface area (Å²) >= 11 is 0. The van der Waals surface area contributed by atoms with Crippen LogP contribution in [0.5, 0.6) is 5.75 Å². The van der Waals surface area contributed by atoms with Gasteiger partial charge in [-0.3, -0.25) is 0 Å². The van der Waals surface area contributed by atoms with E-state index in [1.165, 1.54) is 12.1 Å². The summed E-state index contributed by atoms with van der Waals surface area (Å²) < 4.78 is 24.3. The maximum absolute atomic E-state index is 13.4. The summed E-state index contributed by atoms with van der Waals surface area (Å²) in [6.07, 6.45) is -0.0503. The van der Waals surface area contributed by atoms with Crippen molar-refractivity contribution in [1.29, 1.82) is 0 Å². The van der Waals surface area contributed by atoms with Crippen LogP contribution >= 0.6 is 0 Å². The maximum Gasteiger partial charge on any atom is 0.123 e. The number of likely N-dealkylation sites (N-methyl/N-ethyl adjacent to an activating group) is 1. The first kappa shape index (κ1) is 14.9. The molecule has 1 N–H and O–H groups in total. The molecule has 0 radical (unpaired) electrons. The van der Waals surface area contributed by atoms with Gasteiger partial charge in [0, 0.05) is 12.2 Å². The molecule has 0 aromatic heterocycles. The molecular weight excluding hydrogens is 233 g/mol. The van der Waals surface area contributed by atoms with E-state index in [-0.39, 0.29) is 18.0 Å². The summed E-state index contributed by atoms with van der Waals surface area (Å²) in [5.41, 5.74) is 0.792. The highest BCUT2D eigenvalue weighted by atomic mass is 19.1. The molecule has 18 heavy (non-hydrogen) atoms. The third kappa shape index (κ3) is 3.68. The molecule has 1 aromatic carbocycles. The molecule has 1 aromatic rings. The molecule has 0 amide bonds. The van der Waals surface area contributed by atoms with Gasteiger partial charge in [-0.1, -0.05) is 6.92 Å². The van der Waals surface area contributed by atoms with Gasteiger partial charge >= 0.3 is 0 Å². The Morgan fingerprint density at radius 1 is 1.33 bits per heavy atom. The quantitative estimate of drug-likeness (QED) is 0.812. The first-order chi connectivity index (χ1) is 8.63. The van der Waals surface area contributed by atoms with Crippen LogP contribution in [0.1, 0.15) is 32.4 Å². The second kappa shape index (κ2) is 7.34.